The summed E-state index contributed by atoms with van der Waals surface area (Å²) in [5, 5.41) is 3.23. The molecule has 1 heterocycles. The first-order chi connectivity index (χ1) is 19.0. The molecule has 0 aliphatic heterocycles. The average molecular weight is 535 g/mol. The van der Waals surface area contributed by atoms with Gasteiger partial charge in [0.25, 0.3) is 5.91 Å². The van der Waals surface area contributed by atoms with Crippen molar-refractivity contribution in [2.45, 2.75) is 57.5 Å². The fourth-order valence-corrected chi connectivity index (χ4v) is 5.28. The van der Waals surface area contributed by atoms with Gasteiger partial charge >= 0.3 is 0 Å². The van der Waals surface area contributed by atoms with E-state index in [1.54, 1.807) is 29.2 Å². The van der Waals surface area contributed by atoms with Gasteiger partial charge in [-0.15, -0.1) is 0 Å². The van der Waals surface area contributed by atoms with Crippen molar-refractivity contribution in [1.29, 1.82) is 0 Å². The largest absolute Gasteiger partial charge is 0.493 e. The Bertz CT molecular complexity index is 1220. The summed E-state index contributed by atoms with van der Waals surface area (Å²) in [5.41, 5.74) is 2.78. The Morgan fingerprint density at radius 3 is 2.26 bits per heavy atom. The third kappa shape index (κ3) is 6.56. The monoisotopic (exact) mass is 534 g/mol. The Hall–Kier alpha value is -3.94. The van der Waals surface area contributed by atoms with Crippen molar-refractivity contribution in [3.63, 3.8) is 0 Å². The molecule has 1 aromatic heterocycles. The fourth-order valence-electron chi connectivity index (χ4n) is 5.28. The Kier molecular flexibility index (Phi) is 9.52. The van der Waals surface area contributed by atoms with Crippen LogP contribution in [0.25, 0.3) is 0 Å². The van der Waals surface area contributed by atoms with Crippen LogP contribution in [-0.2, 0) is 11.2 Å². The lowest BCUT2D eigenvalue weighted by Gasteiger charge is -2.33. The van der Waals surface area contributed by atoms with E-state index in [9.17, 15) is 9.59 Å². The number of methoxy groups -OCH3 is 3. The zero-order valence-electron chi connectivity index (χ0n) is 23.2. The van der Waals surface area contributed by atoms with E-state index < -0.39 is 6.04 Å². The van der Waals surface area contributed by atoms with Crippen LogP contribution in [0.5, 0.6) is 17.2 Å². The number of nitrogens with one attached hydrogen (secondary N) is 1. The third-order valence-corrected chi connectivity index (χ3v) is 7.39. The van der Waals surface area contributed by atoms with Gasteiger partial charge in [-0.05, 0) is 67.1 Å². The summed E-state index contributed by atoms with van der Waals surface area (Å²) in [5.74, 6) is 0.784. The summed E-state index contributed by atoms with van der Waals surface area (Å²) in [4.78, 5) is 29.6. The van der Waals surface area contributed by atoms with E-state index in [0.29, 0.717) is 35.8 Å². The van der Waals surface area contributed by atoms with Crippen molar-refractivity contribution in [3.8, 4) is 17.2 Å². The first kappa shape index (κ1) is 28.1. The molecule has 1 fully saturated rings. The highest BCUT2D eigenvalue weighted by atomic mass is 16.5. The number of rotatable bonds is 11. The quantitative estimate of drug-likeness (QED) is 0.350. The van der Waals surface area contributed by atoms with Gasteiger partial charge in [0.15, 0.2) is 17.3 Å². The molecule has 0 bridgehead atoms. The van der Waals surface area contributed by atoms with Crippen LogP contribution in [0.2, 0.25) is 0 Å². The molecule has 1 N–H and O–H groups in total. The molecule has 4 rings (SSSR count). The number of amides is 2. The smallest absolute Gasteiger partial charge is 0.290 e. The molecule has 39 heavy (non-hydrogen) atoms. The van der Waals surface area contributed by atoms with E-state index in [-0.39, 0.29) is 23.6 Å². The van der Waals surface area contributed by atoms with Crippen LogP contribution in [0.4, 0.5) is 0 Å². The third-order valence-electron chi connectivity index (χ3n) is 7.39. The standard InChI is InChI=1S/C31H38N2O6/c1-21-11-8-9-12-22(21)16-17-33(31(35)25-15-10-18-39-25)28(30(34)32-24-13-6-5-7-14-24)23-19-26(36-2)29(38-4)27(20-23)37-3/h8-12,15,18-20,24,28H,5-7,13-14,16-17H2,1-4H3,(H,32,34). The summed E-state index contributed by atoms with van der Waals surface area (Å²) in [6.45, 7) is 2.34. The van der Waals surface area contributed by atoms with Crippen LogP contribution in [-0.4, -0.2) is 50.6 Å². The Morgan fingerprint density at radius 2 is 1.67 bits per heavy atom. The number of aryl methyl sites for hydroxylation is 1. The van der Waals surface area contributed by atoms with Crippen molar-refractivity contribution < 1.29 is 28.2 Å². The zero-order chi connectivity index (χ0) is 27.8. The van der Waals surface area contributed by atoms with Gasteiger partial charge in [-0.3, -0.25) is 9.59 Å². The van der Waals surface area contributed by atoms with Crippen LogP contribution in [0, 0.1) is 6.92 Å². The van der Waals surface area contributed by atoms with Gasteiger partial charge in [-0.25, -0.2) is 0 Å². The van der Waals surface area contributed by atoms with E-state index in [1.165, 1.54) is 34.0 Å². The summed E-state index contributed by atoms with van der Waals surface area (Å²) in [6.07, 6.45) is 7.18. The first-order valence-corrected chi connectivity index (χ1v) is 13.5. The molecule has 2 aromatic carbocycles. The minimum absolute atomic E-state index is 0.0627. The Morgan fingerprint density at radius 1 is 0.974 bits per heavy atom. The lowest BCUT2D eigenvalue weighted by atomic mass is 9.94. The second kappa shape index (κ2) is 13.2. The van der Waals surface area contributed by atoms with Gasteiger partial charge in [0.2, 0.25) is 11.7 Å². The van der Waals surface area contributed by atoms with E-state index in [2.05, 4.69) is 5.32 Å². The maximum atomic E-state index is 14.1. The predicted molar refractivity (Wildman–Crippen MR) is 148 cm³/mol. The summed E-state index contributed by atoms with van der Waals surface area (Å²) in [7, 11) is 4.59. The average Bonchev–Trinajstić information content (AvgIpc) is 3.50. The second-order valence-electron chi connectivity index (χ2n) is 9.86. The topological polar surface area (TPSA) is 90.2 Å². The molecule has 0 radical (unpaired) electrons. The van der Waals surface area contributed by atoms with Crippen LogP contribution < -0.4 is 19.5 Å². The Balaban J connectivity index is 1.79. The number of furan rings is 1. The molecule has 208 valence electrons. The molecule has 1 aliphatic rings. The van der Waals surface area contributed by atoms with Gasteiger partial charge in [-0.1, -0.05) is 43.5 Å². The van der Waals surface area contributed by atoms with E-state index >= 15 is 0 Å². The van der Waals surface area contributed by atoms with Crippen molar-refractivity contribution in [3.05, 3.63) is 77.2 Å². The lowest BCUT2D eigenvalue weighted by molar-refractivity contribution is -0.126. The maximum Gasteiger partial charge on any atom is 0.290 e. The summed E-state index contributed by atoms with van der Waals surface area (Å²) in [6, 6.07) is 13.9. The number of hydrogen-bond acceptors (Lipinski definition) is 6. The van der Waals surface area contributed by atoms with Crippen LogP contribution in [0.1, 0.15) is 65.4 Å². The summed E-state index contributed by atoms with van der Waals surface area (Å²) >= 11 is 0. The number of benzene rings is 2. The molecule has 3 aromatic rings. The molecular formula is C31H38N2O6. The molecule has 1 aliphatic carbocycles. The highest BCUT2D eigenvalue weighted by Gasteiger charge is 2.35. The van der Waals surface area contributed by atoms with Crippen LogP contribution in [0.3, 0.4) is 0 Å². The fraction of sp³-hybridized carbons (Fsp3) is 0.419. The maximum absolute atomic E-state index is 14.1. The van der Waals surface area contributed by atoms with Gasteiger partial charge < -0.3 is 28.8 Å². The van der Waals surface area contributed by atoms with Gasteiger partial charge in [-0.2, -0.15) is 0 Å². The summed E-state index contributed by atoms with van der Waals surface area (Å²) < 4.78 is 22.2. The highest BCUT2D eigenvalue weighted by molar-refractivity contribution is 5.96. The number of carbonyl (C=O) groups is 2. The zero-order valence-corrected chi connectivity index (χ0v) is 23.2. The number of ether oxygens (including phenoxy) is 3. The lowest BCUT2D eigenvalue weighted by Crippen LogP contribution is -2.47. The molecule has 1 atom stereocenters. The van der Waals surface area contributed by atoms with Crippen molar-refractivity contribution in [2.24, 2.45) is 0 Å². The van der Waals surface area contributed by atoms with Gasteiger partial charge in [0.05, 0.1) is 27.6 Å². The molecule has 2 amide bonds. The minimum atomic E-state index is -0.956. The SMILES string of the molecule is COc1cc(C(C(=O)NC2CCCCC2)N(CCc2ccccc2C)C(=O)c2ccco2)cc(OC)c1OC. The molecule has 1 unspecified atom stereocenters. The van der Waals surface area contributed by atoms with E-state index in [1.807, 2.05) is 31.2 Å². The van der Waals surface area contributed by atoms with Crippen molar-refractivity contribution >= 4 is 11.8 Å². The molecule has 0 spiro atoms. The van der Waals surface area contributed by atoms with Gasteiger partial charge in [0, 0.05) is 12.6 Å². The van der Waals surface area contributed by atoms with Crippen LogP contribution >= 0.6 is 0 Å². The van der Waals surface area contributed by atoms with Crippen molar-refractivity contribution in [2.75, 3.05) is 27.9 Å². The van der Waals surface area contributed by atoms with Crippen molar-refractivity contribution in [1.82, 2.24) is 10.2 Å². The van der Waals surface area contributed by atoms with E-state index in [4.69, 9.17) is 18.6 Å². The molecular weight excluding hydrogens is 496 g/mol. The molecule has 1 saturated carbocycles. The minimum Gasteiger partial charge on any atom is -0.493 e. The molecule has 8 heteroatoms. The molecule has 8 nitrogen and oxygen atoms in total. The van der Waals surface area contributed by atoms with Crippen LogP contribution in [0.15, 0.2) is 59.2 Å². The normalized spacial score (nSPS) is 14.4. The number of hydrogen-bond donors (Lipinski definition) is 1. The first-order valence-electron chi connectivity index (χ1n) is 13.5. The number of nitrogens with zero attached hydrogens (tertiary/aromatic N) is 1. The second-order valence-corrected chi connectivity index (χ2v) is 9.86. The number of carbonyl (C=O) groups excluding carboxylic acids is 2. The van der Waals surface area contributed by atoms with E-state index in [0.717, 1.165) is 36.8 Å². The van der Waals surface area contributed by atoms with Gasteiger partial charge in [0.1, 0.15) is 6.04 Å². The molecule has 0 saturated heterocycles. The highest BCUT2D eigenvalue weighted by Crippen LogP contribution is 2.41. The Labute approximate surface area is 230 Å². The predicted octanol–water partition coefficient (Wildman–Crippen LogP) is 5.49.